The highest BCUT2D eigenvalue weighted by Gasteiger charge is 2.13. The van der Waals surface area contributed by atoms with Gasteiger partial charge in [-0.25, -0.2) is 9.97 Å². The summed E-state index contributed by atoms with van der Waals surface area (Å²) in [5.74, 6) is 2.46. The molecule has 2 aromatic heterocycles. The standard InChI is InChI=1S/C15H13N3O2S/c1-9-4-11-14(17-7-18-15(11)21-9)16-6-10-2-3-12-13(5-10)20-8-19-12/h2-5,7H,6,8H2,1H3,(H,16,17,18). The van der Waals surface area contributed by atoms with Gasteiger partial charge in [-0.2, -0.15) is 0 Å². The highest BCUT2D eigenvalue weighted by molar-refractivity contribution is 7.18. The van der Waals surface area contributed by atoms with Gasteiger partial charge < -0.3 is 14.8 Å². The van der Waals surface area contributed by atoms with Crippen LogP contribution in [0.2, 0.25) is 0 Å². The zero-order chi connectivity index (χ0) is 14.2. The van der Waals surface area contributed by atoms with Crippen molar-refractivity contribution in [1.29, 1.82) is 0 Å². The highest BCUT2D eigenvalue weighted by atomic mass is 32.1. The Bertz CT molecular complexity index is 816. The molecule has 4 rings (SSSR count). The number of nitrogens with one attached hydrogen (secondary N) is 1. The van der Waals surface area contributed by atoms with E-state index < -0.39 is 0 Å². The molecule has 21 heavy (non-hydrogen) atoms. The van der Waals surface area contributed by atoms with Gasteiger partial charge >= 0.3 is 0 Å². The molecule has 0 radical (unpaired) electrons. The number of aromatic nitrogens is 2. The van der Waals surface area contributed by atoms with Crippen molar-refractivity contribution in [3.8, 4) is 11.5 Å². The Morgan fingerprint density at radius 2 is 2.10 bits per heavy atom. The number of hydrogen-bond acceptors (Lipinski definition) is 6. The Morgan fingerprint density at radius 3 is 3.05 bits per heavy atom. The van der Waals surface area contributed by atoms with Gasteiger partial charge in [0, 0.05) is 11.4 Å². The van der Waals surface area contributed by atoms with Crippen LogP contribution in [0.3, 0.4) is 0 Å². The Morgan fingerprint density at radius 1 is 1.19 bits per heavy atom. The lowest BCUT2D eigenvalue weighted by atomic mass is 10.2. The first-order valence-electron chi connectivity index (χ1n) is 6.63. The molecule has 106 valence electrons. The van der Waals surface area contributed by atoms with E-state index in [2.05, 4.69) is 28.3 Å². The summed E-state index contributed by atoms with van der Waals surface area (Å²) in [6, 6.07) is 8.07. The Labute approximate surface area is 125 Å². The topological polar surface area (TPSA) is 56.3 Å². The minimum atomic E-state index is 0.299. The van der Waals surface area contributed by atoms with Crippen LogP contribution in [-0.4, -0.2) is 16.8 Å². The third-order valence-corrected chi connectivity index (χ3v) is 4.31. The molecule has 0 atom stereocenters. The summed E-state index contributed by atoms with van der Waals surface area (Å²) in [5, 5.41) is 4.44. The van der Waals surface area contributed by atoms with Crippen LogP contribution in [0, 0.1) is 6.92 Å². The molecule has 3 heterocycles. The fourth-order valence-electron chi connectivity index (χ4n) is 2.35. The van der Waals surface area contributed by atoms with Crippen LogP contribution in [0.5, 0.6) is 11.5 Å². The van der Waals surface area contributed by atoms with E-state index in [-0.39, 0.29) is 0 Å². The van der Waals surface area contributed by atoms with Crippen molar-refractivity contribution >= 4 is 27.4 Å². The summed E-state index contributed by atoms with van der Waals surface area (Å²) >= 11 is 1.68. The zero-order valence-corrected chi connectivity index (χ0v) is 12.2. The Balaban J connectivity index is 1.58. The highest BCUT2D eigenvalue weighted by Crippen LogP contribution is 2.33. The molecule has 1 aromatic carbocycles. The quantitative estimate of drug-likeness (QED) is 0.804. The van der Waals surface area contributed by atoms with Gasteiger partial charge in [0.15, 0.2) is 11.5 Å². The van der Waals surface area contributed by atoms with Gasteiger partial charge in [-0.05, 0) is 30.7 Å². The molecule has 1 aliphatic heterocycles. The summed E-state index contributed by atoms with van der Waals surface area (Å²) < 4.78 is 10.7. The van der Waals surface area contributed by atoms with E-state index in [1.165, 1.54) is 4.88 Å². The minimum Gasteiger partial charge on any atom is -0.454 e. The van der Waals surface area contributed by atoms with Gasteiger partial charge in [0.1, 0.15) is 17.0 Å². The van der Waals surface area contributed by atoms with Crippen molar-refractivity contribution in [3.63, 3.8) is 0 Å². The molecular formula is C15H13N3O2S. The molecule has 0 amide bonds. The first-order valence-corrected chi connectivity index (χ1v) is 7.45. The average Bonchev–Trinajstić information content (AvgIpc) is 3.09. The monoisotopic (exact) mass is 299 g/mol. The second kappa shape index (κ2) is 4.89. The van der Waals surface area contributed by atoms with E-state index in [1.807, 2.05) is 18.2 Å². The molecule has 5 nitrogen and oxygen atoms in total. The number of hydrogen-bond donors (Lipinski definition) is 1. The molecule has 0 bridgehead atoms. The Hall–Kier alpha value is -2.34. The maximum absolute atomic E-state index is 5.39. The maximum atomic E-state index is 5.39. The second-order valence-corrected chi connectivity index (χ2v) is 6.07. The number of rotatable bonds is 3. The van der Waals surface area contributed by atoms with Crippen LogP contribution >= 0.6 is 11.3 Å². The van der Waals surface area contributed by atoms with E-state index in [0.717, 1.165) is 33.1 Å². The number of ether oxygens (including phenoxy) is 2. The second-order valence-electron chi connectivity index (χ2n) is 4.84. The van der Waals surface area contributed by atoms with Crippen molar-refractivity contribution in [1.82, 2.24) is 9.97 Å². The molecule has 1 aliphatic rings. The van der Waals surface area contributed by atoms with E-state index in [9.17, 15) is 0 Å². The van der Waals surface area contributed by atoms with Crippen molar-refractivity contribution in [2.24, 2.45) is 0 Å². The molecule has 0 unspecified atom stereocenters. The van der Waals surface area contributed by atoms with Crippen molar-refractivity contribution in [2.75, 3.05) is 12.1 Å². The summed E-state index contributed by atoms with van der Waals surface area (Å²) in [5.41, 5.74) is 1.12. The number of nitrogens with zero attached hydrogens (tertiary/aromatic N) is 2. The predicted molar refractivity (Wildman–Crippen MR) is 82.0 cm³/mol. The smallest absolute Gasteiger partial charge is 0.231 e. The lowest BCUT2D eigenvalue weighted by molar-refractivity contribution is 0.174. The molecule has 3 aromatic rings. The average molecular weight is 299 g/mol. The third-order valence-electron chi connectivity index (χ3n) is 3.35. The molecule has 0 fully saturated rings. The number of thiophene rings is 1. The Kier molecular flexibility index (Phi) is 2.89. The molecule has 0 aliphatic carbocycles. The number of aryl methyl sites for hydroxylation is 1. The van der Waals surface area contributed by atoms with Gasteiger partial charge in [-0.15, -0.1) is 11.3 Å². The van der Waals surface area contributed by atoms with Crippen LogP contribution in [0.1, 0.15) is 10.4 Å². The van der Waals surface area contributed by atoms with E-state index in [4.69, 9.17) is 9.47 Å². The van der Waals surface area contributed by atoms with Crippen LogP contribution in [0.15, 0.2) is 30.6 Å². The van der Waals surface area contributed by atoms with Gasteiger partial charge in [0.2, 0.25) is 6.79 Å². The van der Waals surface area contributed by atoms with Crippen molar-refractivity contribution in [3.05, 3.63) is 41.0 Å². The van der Waals surface area contributed by atoms with Crippen molar-refractivity contribution < 1.29 is 9.47 Å². The SMILES string of the molecule is Cc1cc2c(NCc3ccc4c(c3)OCO4)ncnc2s1. The summed E-state index contributed by atoms with van der Waals surface area (Å²) in [6.45, 7) is 3.05. The van der Waals surface area contributed by atoms with Crippen LogP contribution in [-0.2, 0) is 6.54 Å². The largest absolute Gasteiger partial charge is 0.454 e. The van der Waals surface area contributed by atoms with E-state index in [1.54, 1.807) is 17.7 Å². The molecule has 6 heteroatoms. The molecule has 1 N–H and O–H groups in total. The third kappa shape index (κ3) is 2.27. The molecular weight excluding hydrogens is 286 g/mol. The van der Waals surface area contributed by atoms with Crippen LogP contribution in [0.4, 0.5) is 5.82 Å². The molecule has 0 spiro atoms. The van der Waals surface area contributed by atoms with Gasteiger partial charge in [-0.3, -0.25) is 0 Å². The van der Waals surface area contributed by atoms with E-state index in [0.29, 0.717) is 13.3 Å². The zero-order valence-electron chi connectivity index (χ0n) is 11.4. The molecule has 0 saturated heterocycles. The van der Waals surface area contributed by atoms with Gasteiger partial charge in [-0.1, -0.05) is 6.07 Å². The van der Waals surface area contributed by atoms with Crippen molar-refractivity contribution in [2.45, 2.75) is 13.5 Å². The number of fused-ring (bicyclic) bond motifs is 2. The fourth-order valence-corrected chi connectivity index (χ4v) is 3.20. The van der Waals surface area contributed by atoms with Crippen LogP contribution < -0.4 is 14.8 Å². The normalized spacial score (nSPS) is 12.8. The predicted octanol–water partition coefficient (Wildman–Crippen LogP) is 3.34. The lowest BCUT2D eigenvalue weighted by Crippen LogP contribution is -2.01. The van der Waals surface area contributed by atoms with E-state index >= 15 is 0 Å². The summed E-state index contributed by atoms with van der Waals surface area (Å²) in [7, 11) is 0. The number of benzene rings is 1. The summed E-state index contributed by atoms with van der Waals surface area (Å²) in [4.78, 5) is 10.9. The summed E-state index contributed by atoms with van der Waals surface area (Å²) in [6.07, 6.45) is 1.60. The first-order chi connectivity index (χ1) is 10.3. The molecule has 0 saturated carbocycles. The lowest BCUT2D eigenvalue weighted by Gasteiger charge is -2.07. The first kappa shape index (κ1) is 12.4. The number of anilines is 1. The van der Waals surface area contributed by atoms with Gasteiger partial charge in [0.25, 0.3) is 0 Å². The minimum absolute atomic E-state index is 0.299. The van der Waals surface area contributed by atoms with Crippen LogP contribution in [0.25, 0.3) is 10.2 Å². The maximum Gasteiger partial charge on any atom is 0.231 e. The fraction of sp³-hybridized carbons (Fsp3) is 0.200. The van der Waals surface area contributed by atoms with Gasteiger partial charge in [0.05, 0.1) is 5.39 Å².